The molecule has 0 aromatic heterocycles. The molecule has 1 saturated carbocycles. The molecule has 1 N–H and O–H groups in total. The van der Waals surface area contributed by atoms with E-state index in [-0.39, 0.29) is 11.9 Å². The summed E-state index contributed by atoms with van der Waals surface area (Å²) in [6, 6.07) is 5.07. The maximum atomic E-state index is 12.7. The molecule has 23 heavy (non-hydrogen) atoms. The van der Waals surface area contributed by atoms with E-state index in [0.717, 1.165) is 25.0 Å². The summed E-state index contributed by atoms with van der Waals surface area (Å²) in [5.41, 5.74) is -0.352. The lowest BCUT2D eigenvalue weighted by Crippen LogP contribution is -2.43. The first-order valence-electron chi connectivity index (χ1n) is 7.93. The van der Waals surface area contributed by atoms with Crippen LogP contribution in [0.25, 0.3) is 6.08 Å². The maximum absolute atomic E-state index is 12.7. The third-order valence-corrected chi connectivity index (χ3v) is 4.68. The van der Waals surface area contributed by atoms with Crippen LogP contribution in [-0.2, 0) is 11.0 Å². The molecule has 0 spiro atoms. The number of benzene rings is 1. The fourth-order valence-corrected chi connectivity index (χ4v) is 3.01. The highest BCUT2D eigenvalue weighted by molar-refractivity contribution is 5.91. The SMILES string of the molecule is CC1CCCC(NC(=O)/C=C/c2cccc(C(F)(F)F)c2)C1C. The molecule has 2 rings (SSSR count). The molecule has 5 heteroatoms. The Morgan fingerprint density at radius 1 is 1.26 bits per heavy atom. The lowest BCUT2D eigenvalue weighted by Gasteiger charge is -2.34. The van der Waals surface area contributed by atoms with Crippen molar-refractivity contribution >= 4 is 12.0 Å². The molecule has 1 aromatic carbocycles. The fourth-order valence-electron chi connectivity index (χ4n) is 3.01. The summed E-state index contributed by atoms with van der Waals surface area (Å²) in [4.78, 5) is 12.0. The van der Waals surface area contributed by atoms with Crippen molar-refractivity contribution in [3.63, 3.8) is 0 Å². The summed E-state index contributed by atoms with van der Waals surface area (Å²) in [6.07, 6.45) is 1.57. The van der Waals surface area contributed by atoms with Gasteiger partial charge in [0, 0.05) is 12.1 Å². The summed E-state index contributed by atoms with van der Waals surface area (Å²) in [5, 5.41) is 2.97. The number of nitrogens with one attached hydrogen (secondary N) is 1. The van der Waals surface area contributed by atoms with Crippen LogP contribution in [0.5, 0.6) is 0 Å². The lowest BCUT2D eigenvalue weighted by molar-refractivity contribution is -0.137. The first-order valence-corrected chi connectivity index (χ1v) is 7.93. The predicted molar refractivity (Wildman–Crippen MR) is 84.6 cm³/mol. The largest absolute Gasteiger partial charge is 0.416 e. The Morgan fingerprint density at radius 3 is 2.70 bits per heavy atom. The van der Waals surface area contributed by atoms with Gasteiger partial charge >= 0.3 is 6.18 Å². The van der Waals surface area contributed by atoms with Gasteiger partial charge in [-0.15, -0.1) is 0 Å². The van der Waals surface area contributed by atoms with Crippen LogP contribution in [0, 0.1) is 11.8 Å². The van der Waals surface area contributed by atoms with Crippen molar-refractivity contribution in [2.45, 2.75) is 45.3 Å². The molecule has 0 bridgehead atoms. The molecular weight excluding hydrogens is 303 g/mol. The highest BCUT2D eigenvalue weighted by Crippen LogP contribution is 2.30. The van der Waals surface area contributed by atoms with E-state index in [9.17, 15) is 18.0 Å². The van der Waals surface area contributed by atoms with E-state index in [2.05, 4.69) is 19.2 Å². The van der Waals surface area contributed by atoms with E-state index >= 15 is 0 Å². The molecule has 3 atom stereocenters. The van der Waals surface area contributed by atoms with Crippen molar-refractivity contribution in [2.75, 3.05) is 0 Å². The first-order chi connectivity index (χ1) is 10.8. The van der Waals surface area contributed by atoms with Gasteiger partial charge in [-0.3, -0.25) is 4.79 Å². The second-order valence-electron chi connectivity index (χ2n) is 6.34. The second kappa shape index (κ2) is 7.20. The minimum absolute atomic E-state index is 0.136. The summed E-state index contributed by atoms with van der Waals surface area (Å²) in [7, 11) is 0. The van der Waals surface area contributed by atoms with Crippen LogP contribution >= 0.6 is 0 Å². The van der Waals surface area contributed by atoms with Crippen molar-refractivity contribution in [2.24, 2.45) is 11.8 Å². The van der Waals surface area contributed by atoms with Crippen molar-refractivity contribution in [3.05, 3.63) is 41.5 Å². The number of hydrogen-bond acceptors (Lipinski definition) is 1. The van der Waals surface area contributed by atoms with E-state index in [1.165, 1.54) is 24.6 Å². The van der Waals surface area contributed by atoms with Gasteiger partial charge in [0.25, 0.3) is 0 Å². The second-order valence-corrected chi connectivity index (χ2v) is 6.34. The Hall–Kier alpha value is -1.78. The Morgan fingerprint density at radius 2 is 2.00 bits per heavy atom. The molecule has 1 aliphatic carbocycles. The molecule has 1 fully saturated rings. The van der Waals surface area contributed by atoms with E-state index in [1.54, 1.807) is 6.07 Å². The minimum Gasteiger partial charge on any atom is -0.350 e. The smallest absolute Gasteiger partial charge is 0.350 e. The maximum Gasteiger partial charge on any atom is 0.416 e. The van der Waals surface area contributed by atoms with Crippen LogP contribution in [0.1, 0.15) is 44.2 Å². The minimum atomic E-state index is -4.38. The molecule has 1 aromatic rings. The van der Waals surface area contributed by atoms with Crippen molar-refractivity contribution in [1.29, 1.82) is 0 Å². The van der Waals surface area contributed by atoms with Gasteiger partial charge in [0.05, 0.1) is 5.56 Å². The lowest BCUT2D eigenvalue weighted by atomic mass is 9.78. The van der Waals surface area contributed by atoms with Crippen LogP contribution in [-0.4, -0.2) is 11.9 Å². The Balaban J connectivity index is 1.98. The van der Waals surface area contributed by atoms with Gasteiger partial charge < -0.3 is 5.32 Å². The number of rotatable bonds is 3. The molecule has 1 aliphatic rings. The van der Waals surface area contributed by atoms with Gasteiger partial charge in [-0.2, -0.15) is 13.2 Å². The molecule has 0 radical (unpaired) electrons. The van der Waals surface area contributed by atoms with Gasteiger partial charge in [0.2, 0.25) is 5.91 Å². The fraction of sp³-hybridized carbons (Fsp3) is 0.500. The summed E-state index contributed by atoms with van der Waals surface area (Å²) in [6.45, 7) is 4.31. The number of hydrogen-bond donors (Lipinski definition) is 1. The van der Waals surface area contributed by atoms with Crippen molar-refractivity contribution < 1.29 is 18.0 Å². The summed E-state index contributed by atoms with van der Waals surface area (Å²) >= 11 is 0. The van der Waals surface area contributed by atoms with E-state index in [4.69, 9.17) is 0 Å². The zero-order valence-corrected chi connectivity index (χ0v) is 13.4. The summed E-state index contributed by atoms with van der Waals surface area (Å²) < 4.78 is 38.0. The average Bonchev–Trinajstić information content (AvgIpc) is 2.49. The number of carbonyl (C=O) groups is 1. The number of halogens is 3. The number of alkyl halides is 3. The Labute approximate surface area is 134 Å². The highest BCUT2D eigenvalue weighted by atomic mass is 19.4. The molecule has 2 nitrogen and oxygen atoms in total. The van der Waals surface area contributed by atoms with Gasteiger partial charge in [-0.1, -0.05) is 38.8 Å². The zero-order chi connectivity index (χ0) is 17.0. The first kappa shape index (κ1) is 17.6. The van der Waals surface area contributed by atoms with Crippen molar-refractivity contribution in [1.82, 2.24) is 5.32 Å². The normalized spacial score (nSPS) is 25.5. The monoisotopic (exact) mass is 325 g/mol. The topological polar surface area (TPSA) is 29.1 Å². The number of carbonyl (C=O) groups excluding carboxylic acids is 1. The molecule has 0 saturated heterocycles. The van der Waals surface area contributed by atoms with E-state index < -0.39 is 11.7 Å². The van der Waals surface area contributed by atoms with Gasteiger partial charge in [-0.05, 0) is 42.0 Å². The molecule has 0 aliphatic heterocycles. The van der Waals surface area contributed by atoms with Crippen LogP contribution in [0.3, 0.4) is 0 Å². The summed E-state index contributed by atoms with van der Waals surface area (Å²) in [5.74, 6) is 0.726. The zero-order valence-electron chi connectivity index (χ0n) is 13.4. The average molecular weight is 325 g/mol. The molecule has 3 unspecified atom stereocenters. The van der Waals surface area contributed by atoms with E-state index in [1.807, 2.05) is 0 Å². The predicted octanol–water partition coefficient (Wildman–Crippen LogP) is 4.66. The third-order valence-electron chi connectivity index (χ3n) is 4.68. The molecular formula is C18H22F3NO. The van der Waals surface area contributed by atoms with Gasteiger partial charge in [0.15, 0.2) is 0 Å². The van der Waals surface area contributed by atoms with E-state index in [0.29, 0.717) is 17.4 Å². The van der Waals surface area contributed by atoms with Crippen LogP contribution in [0.4, 0.5) is 13.2 Å². The Kier molecular flexibility index (Phi) is 5.50. The standard InChI is InChI=1S/C18H22F3NO/c1-12-5-3-8-16(13(12)2)22-17(23)10-9-14-6-4-7-15(11-14)18(19,20)21/h4,6-7,9-13,16H,3,5,8H2,1-2H3,(H,22,23)/b10-9+. The van der Waals surface area contributed by atoms with Gasteiger partial charge in [0.1, 0.15) is 0 Å². The number of amides is 1. The van der Waals surface area contributed by atoms with Crippen LogP contribution < -0.4 is 5.32 Å². The highest BCUT2D eigenvalue weighted by Gasteiger charge is 2.30. The Bertz CT molecular complexity index is 580. The molecule has 126 valence electrons. The van der Waals surface area contributed by atoms with Crippen LogP contribution in [0.15, 0.2) is 30.3 Å². The van der Waals surface area contributed by atoms with Crippen LogP contribution in [0.2, 0.25) is 0 Å². The molecule has 0 heterocycles. The quantitative estimate of drug-likeness (QED) is 0.805. The van der Waals surface area contributed by atoms with Gasteiger partial charge in [-0.25, -0.2) is 0 Å². The van der Waals surface area contributed by atoms with Crippen molar-refractivity contribution in [3.8, 4) is 0 Å². The molecule has 1 amide bonds. The third kappa shape index (κ3) is 4.85.